The number of para-hydroxylation sites is 1. The van der Waals surface area contributed by atoms with Gasteiger partial charge in [0.25, 0.3) is 0 Å². The van der Waals surface area contributed by atoms with Gasteiger partial charge >= 0.3 is 6.03 Å². The van der Waals surface area contributed by atoms with Gasteiger partial charge in [-0.05, 0) is 24.1 Å². The van der Waals surface area contributed by atoms with E-state index in [1.54, 1.807) is 4.31 Å². The maximum Gasteiger partial charge on any atom is 0.330 e. The van der Waals surface area contributed by atoms with Crippen LogP contribution in [0.3, 0.4) is 0 Å². The van der Waals surface area contributed by atoms with E-state index in [4.69, 9.17) is 4.18 Å². The fourth-order valence-electron chi connectivity index (χ4n) is 1.90. The third kappa shape index (κ3) is 6.24. The molecule has 23 heavy (non-hydrogen) atoms. The van der Waals surface area contributed by atoms with Gasteiger partial charge in [-0.2, -0.15) is 0 Å². The average molecular weight is 330 g/mol. The summed E-state index contributed by atoms with van der Waals surface area (Å²) >= 11 is 1.08. The molecule has 0 fully saturated rings. The van der Waals surface area contributed by atoms with Crippen molar-refractivity contribution in [3.8, 4) is 5.75 Å². The Morgan fingerprint density at radius 3 is 2.39 bits per heavy atom. The molecule has 2 amide bonds. The van der Waals surface area contributed by atoms with Crippen molar-refractivity contribution < 1.29 is 8.98 Å². The minimum atomic E-state index is -0.136. The molecular weight excluding hydrogens is 308 g/mol. The molecule has 2 aromatic rings. The van der Waals surface area contributed by atoms with Gasteiger partial charge in [-0.15, -0.1) is 0 Å². The zero-order valence-electron chi connectivity index (χ0n) is 13.3. The zero-order chi connectivity index (χ0) is 16.3. The third-order valence-electron chi connectivity index (χ3n) is 3.19. The Balaban J connectivity index is 1.87. The van der Waals surface area contributed by atoms with Crippen LogP contribution in [0.4, 0.5) is 4.79 Å². The van der Waals surface area contributed by atoms with E-state index < -0.39 is 0 Å². The molecule has 0 radical (unpaired) electrons. The summed E-state index contributed by atoms with van der Waals surface area (Å²) in [5.74, 6) is 0.731. The lowest BCUT2D eigenvalue weighted by Crippen LogP contribution is -2.36. The van der Waals surface area contributed by atoms with Gasteiger partial charge in [-0.1, -0.05) is 61.9 Å². The van der Waals surface area contributed by atoms with Crippen molar-refractivity contribution in [3.63, 3.8) is 0 Å². The Labute approximate surface area is 142 Å². The molecule has 0 atom stereocenters. The first-order valence-electron chi connectivity index (χ1n) is 7.78. The highest BCUT2D eigenvalue weighted by Gasteiger charge is 2.15. The van der Waals surface area contributed by atoms with Crippen LogP contribution in [0.15, 0.2) is 60.7 Å². The number of rotatable bonds is 8. The Bertz CT molecular complexity index is 578. The van der Waals surface area contributed by atoms with E-state index in [1.165, 1.54) is 0 Å². The van der Waals surface area contributed by atoms with E-state index >= 15 is 0 Å². The van der Waals surface area contributed by atoms with E-state index in [-0.39, 0.29) is 6.03 Å². The van der Waals surface area contributed by atoms with Crippen LogP contribution in [-0.4, -0.2) is 16.9 Å². The summed E-state index contributed by atoms with van der Waals surface area (Å²) in [7, 11) is 0. The summed E-state index contributed by atoms with van der Waals surface area (Å²) in [5, 5.41) is 2.93. The van der Waals surface area contributed by atoms with Gasteiger partial charge in [0.15, 0.2) is 12.2 Å². The topological polar surface area (TPSA) is 41.6 Å². The molecule has 0 unspecified atom stereocenters. The SMILES string of the molecule is CCCCN(SOc1ccccc1)C(=O)NCc1ccccc1. The summed E-state index contributed by atoms with van der Waals surface area (Å²) in [6, 6.07) is 19.2. The van der Waals surface area contributed by atoms with Crippen LogP contribution in [0, 0.1) is 0 Å². The Hall–Kier alpha value is -2.14. The molecular formula is C18H22N2O2S. The predicted molar refractivity (Wildman–Crippen MR) is 95.0 cm³/mol. The molecule has 0 spiro atoms. The largest absolute Gasteiger partial charge is 0.405 e. The number of amides is 2. The minimum absolute atomic E-state index is 0.136. The normalized spacial score (nSPS) is 10.1. The lowest BCUT2D eigenvalue weighted by Gasteiger charge is -2.20. The maximum atomic E-state index is 12.4. The van der Waals surface area contributed by atoms with Gasteiger partial charge in [0.2, 0.25) is 0 Å². The molecule has 4 nitrogen and oxygen atoms in total. The highest BCUT2D eigenvalue weighted by Crippen LogP contribution is 2.19. The van der Waals surface area contributed by atoms with E-state index in [0.29, 0.717) is 13.1 Å². The molecule has 0 aromatic heterocycles. The summed E-state index contributed by atoms with van der Waals surface area (Å²) in [6.45, 7) is 3.26. The summed E-state index contributed by atoms with van der Waals surface area (Å²) in [4.78, 5) is 12.4. The van der Waals surface area contributed by atoms with Gasteiger partial charge in [0, 0.05) is 13.1 Å². The number of nitrogens with zero attached hydrogens (tertiary/aromatic N) is 1. The van der Waals surface area contributed by atoms with Gasteiger partial charge in [-0.3, -0.25) is 0 Å². The van der Waals surface area contributed by atoms with Crippen molar-refractivity contribution in [3.05, 3.63) is 66.2 Å². The van der Waals surface area contributed by atoms with Gasteiger partial charge in [0.1, 0.15) is 5.75 Å². The standard InChI is InChI=1S/C18H22N2O2S/c1-2-3-14-20(23-22-17-12-8-5-9-13-17)18(21)19-15-16-10-6-4-7-11-16/h4-13H,2-3,14-15H2,1H3,(H,19,21). The highest BCUT2D eigenvalue weighted by molar-refractivity contribution is 7.93. The third-order valence-corrected chi connectivity index (χ3v) is 3.99. The Morgan fingerprint density at radius 1 is 1.09 bits per heavy atom. The fraction of sp³-hybridized carbons (Fsp3) is 0.278. The minimum Gasteiger partial charge on any atom is -0.405 e. The van der Waals surface area contributed by atoms with Crippen LogP contribution in [0.1, 0.15) is 25.3 Å². The average Bonchev–Trinajstić information content (AvgIpc) is 2.61. The van der Waals surface area contributed by atoms with Gasteiger partial charge in [0.05, 0.1) is 0 Å². The lowest BCUT2D eigenvalue weighted by atomic mass is 10.2. The smallest absolute Gasteiger partial charge is 0.330 e. The van der Waals surface area contributed by atoms with E-state index in [0.717, 1.165) is 36.4 Å². The van der Waals surface area contributed by atoms with Crippen molar-refractivity contribution in [1.82, 2.24) is 9.62 Å². The molecule has 0 aliphatic heterocycles. The number of urea groups is 1. The van der Waals surface area contributed by atoms with Crippen LogP contribution < -0.4 is 9.50 Å². The van der Waals surface area contributed by atoms with Crippen LogP contribution in [-0.2, 0) is 6.54 Å². The second kappa shape index (κ2) is 9.79. The van der Waals surface area contributed by atoms with E-state index in [9.17, 15) is 4.79 Å². The molecule has 2 rings (SSSR count). The molecule has 0 saturated carbocycles. The molecule has 0 aliphatic carbocycles. The number of hydrogen-bond acceptors (Lipinski definition) is 3. The maximum absolute atomic E-state index is 12.4. The molecule has 0 bridgehead atoms. The summed E-state index contributed by atoms with van der Waals surface area (Å²) in [6.07, 6.45) is 1.96. The number of unbranched alkanes of at least 4 members (excludes halogenated alkanes) is 1. The number of benzene rings is 2. The highest BCUT2D eigenvalue weighted by atomic mass is 32.2. The van der Waals surface area contributed by atoms with Crippen molar-refractivity contribution >= 4 is 18.3 Å². The summed E-state index contributed by atoms with van der Waals surface area (Å²) in [5.41, 5.74) is 1.07. The lowest BCUT2D eigenvalue weighted by molar-refractivity contribution is 0.224. The van der Waals surface area contributed by atoms with Crippen LogP contribution in [0.5, 0.6) is 5.75 Å². The van der Waals surface area contributed by atoms with Crippen molar-refractivity contribution in [2.45, 2.75) is 26.3 Å². The molecule has 1 N–H and O–H groups in total. The van der Waals surface area contributed by atoms with Crippen molar-refractivity contribution in [2.24, 2.45) is 0 Å². The fourth-order valence-corrected chi connectivity index (χ4v) is 2.52. The van der Waals surface area contributed by atoms with Crippen LogP contribution >= 0.6 is 12.2 Å². The summed E-state index contributed by atoms with van der Waals surface area (Å²) < 4.78 is 7.24. The van der Waals surface area contributed by atoms with Crippen LogP contribution in [0.25, 0.3) is 0 Å². The Kier molecular flexibility index (Phi) is 7.33. The molecule has 2 aromatic carbocycles. The van der Waals surface area contributed by atoms with Crippen molar-refractivity contribution in [2.75, 3.05) is 6.54 Å². The second-order valence-electron chi connectivity index (χ2n) is 5.07. The number of hydrogen-bond donors (Lipinski definition) is 1. The molecule has 0 heterocycles. The molecule has 0 saturated heterocycles. The van der Waals surface area contributed by atoms with Gasteiger partial charge in [-0.25, -0.2) is 9.10 Å². The zero-order valence-corrected chi connectivity index (χ0v) is 14.1. The van der Waals surface area contributed by atoms with Crippen molar-refractivity contribution in [1.29, 1.82) is 0 Å². The molecule has 5 heteroatoms. The van der Waals surface area contributed by atoms with E-state index in [1.807, 2.05) is 60.7 Å². The molecule has 122 valence electrons. The molecule has 0 aliphatic rings. The first-order chi connectivity index (χ1) is 11.3. The first-order valence-corrected chi connectivity index (χ1v) is 8.48. The Morgan fingerprint density at radius 2 is 1.74 bits per heavy atom. The van der Waals surface area contributed by atoms with E-state index in [2.05, 4.69) is 12.2 Å². The van der Waals surface area contributed by atoms with Gasteiger partial charge < -0.3 is 9.50 Å². The number of carbonyl (C=O) groups is 1. The number of nitrogens with one attached hydrogen (secondary N) is 1. The monoisotopic (exact) mass is 330 g/mol. The number of carbonyl (C=O) groups excluding carboxylic acids is 1. The predicted octanol–water partition coefficient (Wildman–Crippen LogP) is 4.64. The quantitative estimate of drug-likeness (QED) is 0.566. The first kappa shape index (κ1) is 17.2. The second-order valence-corrected chi connectivity index (χ2v) is 5.83. The van der Waals surface area contributed by atoms with Crippen LogP contribution in [0.2, 0.25) is 0 Å².